The van der Waals surface area contributed by atoms with E-state index in [9.17, 15) is 8.42 Å². The molecule has 34 heavy (non-hydrogen) atoms. The van der Waals surface area contributed by atoms with E-state index in [1.54, 1.807) is 21.7 Å². The maximum absolute atomic E-state index is 13.2. The van der Waals surface area contributed by atoms with Gasteiger partial charge in [-0.2, -0.15) is 4.31 Å². The molecule has 2 fully saturated rings. The maximum atomic E-state index is 13.2. The Bertz CT molecular complexity index is 1270. The number of morpholine rings is 1. The van der Waals surface area contributed by atoms with Gasteiger partial charge in [-0.1, -0.05) is 30.3 Å². The zero-order valence-corrected chi connectivity index (χ0v) is 20.8. The number of hydrogen-bond acceptors (Lipinski definition) is 6. The molecule has 3 aromatic rings. The molecule has 2 aliphatic heterocycles. The Morgan fingerprint density at radius 2 is 1.68 bits per heavy atom. The monoisotopic (exact) mass is 498 g/mol. The van der Waals surface area contributed by atoms with Gasteiger partial charge in [-0.15, -0.1) is 11.3 Å². The molecule has 0 unspecified atom stereocenters. The Kier molecular flexibility index (Phi) is 7.26. The smallest absolute Gasteiger partial charge is 0.243 e. The third kappa shape index (κ3) is 5.18. The first-order valence-corrected chi connectivity index (χ1v) is 14.1. The van der Waals surface area contributed by atoms with Crippen molar-refractivity contribution in [1.29, 1.82) is 0 Å². The molecular formula is C25H30N4O3S2. The van der Waals surface area contributed by atoms with E-state index in [2.05, 4.69) is 14.8 Å². The van der Waals surface area contributed by atoms with Crippen LogP contribution in [-0.2, 0) is 21.3 Å². The standard InChI is InChI=1S/C25H30N4O3S2/c30-34(31,28-11-4-5-12-28)23-10-6-7-21(19-23)24-20-33-25(26-22-8-2-1-3-9-22)29(24)14-13-27-15-17-32-18-16-27/h1-3,6-10,19-20H,4-5,11-18H2. The van der Waals surface area contributed by atoms with Crippen molar-refractivity contribution in [2.24, 2.45) is 4.99 Å². The molecule has 1 aromatic heterocycles. The summed E-state index contributed by atoms with van der Waals surface area (Å²) in [6.45, 7) is 6.24. The summed E-state index contributed by atoms with van der Waals surface area (Å²) < 4.78 is 35.6. The Balaban J connectivity index is 1.51. The van der Waals surface area contributed by atoms with Crippen LogP contribution in [0.25, 0.3) is 11.3 Å². The zero-order chi connectivity index (χ0) is 23.4. The normalized spacial score (nSPS) is 18.5. The number of para-hydroxylation sites is 1. The Labute approximate surface area is 205 Å². The zero-order valence-electron chi connectivity index (χ0n) is 19.2. The minimum absolute atomic E-state index is 0.361. The fraction of sp³-hybridized carbons (Fsp3) is 0.400. The molecule has 180 valence electrons. The molecule has 0 atom stereocenters. The lowest BCUT2D eigenvalue weighted by atomic mass is 10.2. The number of aromatic nitrogens is 1. The van der Waals surface area contributed by atoms with E-state index >= 15 is 0 Å². The van der Waals surface area contributed by atoms with Crippen molar-refractivity contribution in [3.63, 3.8) is 0 Å². The molecule has 0 aliphatic carbocycles. The molecule has 2 aliphatic rings. The predicted octanol–water partition coefficient (Wildman–Crippen LogP) is 3.57. The Morgan fingerprint density at radius 3 is 2.44 bits per heavy atom. The lowest BCUT2D eigenvalue weighted by molar-refractivity contribution is 0.0363. The van der Waals surface area contributed by atoms with Crippen LogP contribution in [-0.4, -0.2) is 68.1 Å². The molecule has 2 aromatic carbocycles. The van der Waals surface area contributed by atoms with Gasteiger partial charge in [0.2, 0.25) is 10.0 Å². The van der Waals surface area contributed by atoms with Crippen LogP contribution in [0.3, 0.4) is 0 Å². The van der Waals surface area contributed by atoms with Gasteiger partial charge >= 0.3 is 0 Å². The maximum Gasteiger partial charge on any atom is 0.243 e. The lowest BCUT2D eigenvalue weighted by Crippen LogP contribution is -2.39. The molecule has 2 saturated heterocycles. The van der Waals surface area contributed by atoms with Crippen LogP contribution in [0, 0.1) is 0 Å². The van der Waals surface area contributed by atoms with Gasteiger partial charge < -0.3 is 9.30 Å². The van der Waals surface area contributed by atoms with Crippen molar-refractivity contribution in [3.8, 4) is 11.3 Å². The van der Waals surface area contributed by atoms with Gasteiger partial charge in [0.1, 0.15) is 0 Å². The molecule has 7 nitrogen and oxygen atoms in total. The van der Waals surface area contributed by atoms with Crippen molar-refractivity contribution in [1.82, 2.24) is 13.8 Å². The van der Waals surface area contributed by atoms with Gasteiger partial charge in [0.15, 0.2) is 4.80 Å². The molecule has 0 N–H and O–H groups in total. The molecule has 3 heterocycles. The van der Waals surface area contributed by atoms with Crippen molar-refractivity contribution >= 4 is 27.0 Å². The van der Waals surface area contributed by atoms with Gasteiger partial charge in [-0.05, 0) is 37.1 Å². The fourth-order valence-electron chi connectivity index (χ4n) is 4.44. The Morgan fingerprint density at radius 1 is 0.912 bits per heavy atom. The molecule has 0 spiro atoms. The average molecular weight is 499 g/mol. The van der Waals surface area contributed by atoms with E-state index in [1.165, 1.54) is 0 Å². The number of sulfonamides is 1. The van der Waals surface area contributed by atoms with Crippen LogP contribution in [0.2, 0.25) is 0 Å². The quantitative estimate of drug-likeness (QED) is 0.500. The molecule has 0 radical (unpaired) electrons. The van der Waals surface area contributed by atoms with E-state index in [4.69, 9.17) is 9.73 Å². The van der Waals surface area contributed by atoms with E-state index in [-0.39, 0.29) is 0 Å². The summed E-state index contributed by atoms with van der Waals surface area (Å²) in [5.41, 5.74) is 2.79. The second kappa shape index (κ2) is 10.5. The first-order valence-electron chi connectivity index (χ1n) is 11.8. The van der Waals surface area contributed by atoms with E-state index in [0.29, 0.717) is 18.0 Å². The largest absolute Gasteiger partial charge is 0.379 e. The molecule has 5 rings (SSSR count). The minimum Gasteiger partial charge on any atom is -0.379 e. The molecule has 0 saturated carbocycles. The number of nitrogens with zero attached hydrogens (tertiary/aromatic N) is 4. The minimum atomic E-state index is -3.47. The number of benzene rings is 2. The predicted molar refractivity (Wildman–Crippen MR) is 135 cm³/mol. The number of rotatable bonds is 7. The average Bonchev–Trinajstić information content (AvgIpc) is 3.55. The van der Waals surface area contributed by atoms with Gasteiger partial charge in [-0.25, -0.2) is 13.4 Å². The van der Waals surface area contributed by atoms with Crippen LogP contribution >= 0.6 is 11.3 Å². The van der Waals surface area contributed by atoms with Gasteiger partial charge in [-0.3, -0.25) is 4.90 Å². The summed E-state index contributed by atoms with van der Waals surface area (Å²) in [6, 6.07) is 17.3. The molecule has 0 bridgehead atoms. The van der Waals surface area contributed by atoms with Crippen LogP contribution in [0.5, 0.6) is 0 Å². The van der Waals surface area contributed by atoms with E-state index in [0.717, 1.165) is 74.0 Å². The van der Waals surface area contributed by atoms with Crippen LogP contribution in [0.1, 0.15) is 12.8 Å². The van der Waals surface area contributed by atoms with Crippen molar-refractivity contribution in [2.75, 3.05) is 45.9 Å². The summed E-state index contributed by atoms with van der Waals surface area (Å²) in [6.07, 6.45) is 1.85. The Hall–Kier alpha value is -2.30. The van der Waals surface area contributed by atoms with Gasteiger partial charge in [0.05, 0.1) is 29.5 Å². The van der Waals surface area contributed by atoms with Crippen LogP contribution < -0.4 is 4.80 Å². The van der Waals surface area contributed by atoms with Crippen LogP contribution in [0.4, 0.5) is 5.69 Å². The number of ether oxygens (including phenoxy) is 1. The van der Waals surface area contributed by atoms with Crippen molar-refractivity contribution < 1.29 is 13.2 Å². The molecule has 9 heteroatoms. The number of thiazole rings is 1. The van der Waals surface area contributed by atoms with Crippen LogP contribution in [0.15, 0.2) is 69.9 Å². The summed E-state index contributed by atoms with van der Waals surface area (Å²) in [4.78, 5) is 8.56. The SMILES string of the molecule is O=S(=O)(c1cccc(-c2csc(=Nc3ccccc3)n2CCN2CCOCC2)c1)N1CCCC1. The summed E-state index contributed by atoms with van der Waals surface area (Å²) in [5.74, 6) is 0. The summed E-state index contributed by atoms with van der Waals surface area (Å²) >= 11 is 1.58. The second-order valence-electron chi connectivity index (χ2n) is 8.60. The highest BCUT2D eigenvalue weighted by molar-refractivity contribution is 7.89. The van der Waals surface area contributed by atoms with Gasteiger partial charge in [0.25, 0.3) is 0 Å². The van der Waals surface area contributed by atoms with Crippen molar-refractivity contribution in [3.05, 3.63) is 64.8 Å². The van der Waals surface area contributed by atoms with Gasteiger partial charge in [0, 0.05) is 50.2 Å². The number of hydrogen-bond donors (Lipinski definition) is 0. The highest BCUT2D eigenvalue weighted by Crippen LogP contribution is 2.27. The first-order chi connectivity index (χ1) is 16.6. The third-order valence-corrected chi connectivity index (χ3v) is 9.11. The van der Waals surface area contributed by atoms with E-state index in [1.807, 2.05) is 48.5 Å². The van der Waals surface area contributed by atoms with Crippen molar-refractivity contribution in [2.45, 2.75) is 24.3 Å². The first kappa shape index (κ1) is 23.4. The highest BCUT2D eigenvalue weighted by atomic mass is 32.2. The molecular weight excluding hydrogens is 468 g/mol. The second-order valence-corrected chi connectivity index (χ2v) is 11.4. The topological polar surface area (TPSA) is 67.1 Å². The fourth-order valence-corrected chi connectivity index (χ4v) is 6.96. The summed E-state index contributed by atoms with van der Waals surface area (Å²) in [7, 11) is -3.47. The lowest BCUT2D eigenvalue weighted by Gasteiger charge is -2.27. The third-order valence-electron chi connectivity index (χ3n) is 6.35. The van der Waals surface area contributed by atoms with E-state index < -0.39 is 10.0 Å². The summed E-state index contributed by atoms with van der Waals surface area (Å²) in [5, 5.41) is 2.09. The highest BCUT2D eigenvalue weighted by Gasteiger charge is 2.27. The molecule has 0 amide bonds.